The fraction of sp³-hybridized carbons (Fsp3) is 0.100. The van der Waals surface area contributed by atoms with Crippen LogP contribution in [0.5, 0.6) is 0 Å². The molecule has 0 atom stereocenters. The van der Waals surface area contributed by atoms with Gasteiger partial charge in [0.25, 0.3) is 0 Å². The topological polar surface area (TPSA) is 32.9 Å². The molecule has 2 nitrogen and oxygen atoms in total. The van der Waals surface area contributed by atoms with Crippen LogP contribution in [0.1, 0.15) is 16.1 Å². The number of aromatic amines is 1. The molecule has 0 amide bonds. The number of nitrogens with one attached hydrogen (secondary N) is 1. The van der Waals surface area contributed by atoms with Crippen molar-refractivity contribution >= 4 is 33.1 Å². The second-order valence-corrected chi connectivity index (χ2v) is 3.89. The van der Waals surface area contributed by atoms with Gasteiger partial charge in [-0.15, -0.1) is 0 Å². The van der Waals surface area contributed by atoms with Gasteiger partial charge >= 0.3 is 0 Å². The Morgan fingerprint density at radius 1 is 1.46 bits per heavy atom. The summed E-state index contributed by atoms with van der Waals surface area (Å²) in [7, 11) is 0. The minimum absolute atomic E-state index is 0.747. The van der Waals surface area contributed by atoms with Crippen molar-refractivity contribution in [1.29, 1.82) is 0 Å². The standard InChI is InChI=1S/C10H8BrNO/c1-6-9(5-13)8-4-7(11)2-3-10(8)12-6/h2-5,12H,1H3. The number of aromatic nitrogens is 1. The number of aldehydes is 1. The van der Waals surface area contributed by atoms with Crippen LogP contribution in [0, 0.1) is 6.92 Å². The maximum absolute atomic E-state index is 10.8. The molecule has 0 bridgehead atoms. The van der Waals surface area contributed by atoms with E-state index in [1.807, 2.05) is 25.1 Å². The summed E-state index contributed by atoms with van der Waals surface area (Å²) in [6.07, 6.45) is 0.889. The molecule has 2 rings (SSSR count). The molecule has 1 aromatic carbocycles. The summed E-state index contributed by atoms with van der Waals surface area (Å²) in [5, 5.41) is 0.974. The quantitative estimate of drug-likeness (QED) is 0.761. The first-order chi connectivity index (χ1) is 6.22. The third-order valence-electron chi connectivity index (χ3n) is 2.12. The highest BCUT2D eigenvalue weighted by Crippen LogP contribution is 2.23. The van der Waals surface area contributed by atoms with Crippen molar-refractivity contribution < 1.29 is 4.79 Å². The summed E-state index contributed by atoms with van der Waals surface area (Å²) in [6.45, 7) is 1.90. The number of H-pyrrole nitrogens is 1. The number of halogens is 1. The molecule has 0 unspecified atom stereocenters. The minimum Gasteiger partial charge on any atom is -0.358 e. The maximum atomic E-state index is 10.8. The third kappa shape index (κ3) is 1.29. The fourth-order valence-corrected chi connectivity index (χ4v) is 1.83. The van der Waals surface area contributed by atoms with Gasteiger partial charge in [0.15, 0.2) is 6.29 Å². The molecule has 3 heteroatoms. The lowest BCUT2D eigenvalue weighted by molar-refractivity contribution is 0.112. The van der Waals surface area contributed by atoms with Gasteiger partial charge in [0.1, 0.15) is 0 Å². The molecule has 13 heavy (non-hydrogen) atoms. The molecule has 66 valence electrons. The second-order valence-electron chi connectivity index (χ2n) is 2.97. The molecule has 0 saturated carbocycles. The van der Waals surface area contributed by atoms with Crippen molar-refractivity contribution in [3.63, 3.8) is 0 Å². The Bertz CT molecular complexity index is 473. The zero-order chi connectivity index (χ0) is 9.42. The summed E-state index contributed by atoms with van der Waals surface area (Å²) in [6, 6.07) is 5.86. The molecular formula is C10H8BrNO. The van der Waals surface area contributed by atoms with E-state index in [1.54, 1.807) is 0 Å². The highest BCUT2D eigenvalue weighted by Gasteiger charge is 2.06. The van der Waals surface area contributed by atoms with Crippen molar-refractivity contribution in [3.05, 3.63) is 33.9 Å². The van der Waals surface area contributed by atoms with E-state index in [-0.39, 0.29) is 0 Å². The highest BCUT2D eigenvalue weighted by atomic mass is 79.9. The lowest BCUT2D eigenvalue weighted by Crippen LogP contribution is -1.79. The van der Waals surface area contributed by atoms with Gasteiger partial charge in [-0.3, -0.25) is 4.79 Å². The Balaban J connectivity index is 2.88. The zero-order valence-corrected chi connectivity index (χ0v) is 8.68. The summed E-state index contributed by atoms with van der Waals surface area (Å²) >= 11 is 3.38. The van der Waals surface area contributed by atoms with Crippen molar-refractivity contribution in [2.24, 2.45) is 0 Å². The minimum atomic E-state index is 0.747. The number of hydrogen-bond acceptors (Lipinski definition) is 1. The Kier molecular flexibility index (Phi) is 1.96. The SMILES string of the molecule is Cc1[nH]c2ccc(Br)cc2c1C=O. The number of aryl methyl sites for hydroxylation is 1. The molecule has 0 fully saturated rings. The Hall–Kier alpha value is -1.09. The summed E-state index contributed by atoms with van der Waals surface area (Å²) in [5.41, 5.74) is 2.67. The van der Waals surface area contributed by atoms with Crippen LogP contribution >= 0.6 is 15.9 Å². The molecule has 0 aliphatic heterocycles. The monoisotopic (exact) mass is 237 g/mol. The van der Waals surface area contributed by atoms with Gasteiger partial charge in [-0.25, -0.2) is 0 Å². The number of carbonyl (C=O) groups excluding carboxylic acids is 1. The molecule has 1 aromatic heterocycles. The van der Waals surface area contributed by atoms with Crippen LogP contribution in [-0.4, -0.2) is 11.3 Å². The first-order valence-corrected chi connectivity index (χ1v) is 4.74. The van der Waals surface area contributed by atoms with Crippen molar-refractivity contribution in [2.75, 3.05) is 0 Å². The lowest BCUT2D eigenvalue weighted by atomic mass is 10.1. The van der Waals surface area contributed by atoms with E-state index in [1.165, 1.54) is 0 Å². The predicted molar refractivity (Wildman–Crippen MR) is 56.1 cm³/mol. The van der Waals surface area contributed by atoms with Crippen LogP contribution in [0.25, 0.3) is 10.9 Å². The highest BCUT2D eigenvalue weighted by molar-refractivity contribution is 9.10. The molecule has 0 aliphatic rings. The van der Waals surface area contributed by atoms with Crippen LogP contribution in [0.15, 0.2) is 22.7 Å². The molecule has 0 aliphatic carbocycles. The maximum Gasteiger partial charge on any atom is 0.152 e. The van der Waals surface area contributed by atoms with Crippen LogP contribution in [0.4, 0.5) is 0 Å². The Morgan fingerprint density at radius 2 is 2.23 bits per heavy atom. The van der Waals surface area contributed by atoms with Gasteiger partial charge in [-0.1, -0.05) is 15.9 Å². The van der Waals surface area contributed by atoms with Crippen molar-refractivity contribution in [1.82, 2.24) is 4.98 Å². The smallest absolute Gasteiger partial charge is 0.152 e. The van der Waals surface area contributed by atoms with Crippen LogP contribution in [-0.2, 0) is 0 Å². The van der Waals surface area contributed by atoms with E-state index in [0.29, 0.717) is 0 Å². The van der Waals surface area contributed by atoms with Gasteiger partial charge in [0, 0.05) is 26.6 Å². The second kappa shape index (κ2) is 3.00. The largest absolute Gasteiger partial charge is 0.358 e. The lowest BCUT2D eigenvalue weighted by Gasteiger charge is -1.91. The van der Waals surface area contributed by atoms with Gasteiger partial charge < -0.3 is 4.98 Å². The zero-order valence-electron chi connectivity index (χ0n) is 7.10. The molecule has 1 heterocycles. The van der Waals surface area contributed by atoms with Gasteiger partial charge in [0.2, 0.25) is 0 Å². The first kappa shape index (κ1) is 8.51. The van der Waals surface area contributed by atoms with E-state index in [2.05, 4.69) is 20.9 Å². The summed E-state index contributed by atoms with van der Waals surface area (Å²) in [5.74, 6) is 0. The Morgan fingerprint density at radius 3 is 2.92 bits per heavy atom. The van der Waals surface area contributed by atoms with E-state index >= 15 is 0 Å². The van der Waals surface area contributed by atoms with Crippen LogP contribution in [0.3, 0.4) is 0 Å². The van der Waals surface area contributed by atoms with E-state index < -0.39 is 0 Å². The summed E-state index contributed by atoms with van der Waals surface area (Å²) < 4.78 is 0.988. The number of carbonyl (C=O) groups is 1. The predicted octanol–water partition coefficient (Wildman–Crippen LogP) is 3.05. The van der Waals surface area contributed by atoms with Crippen molar-refractivity contribution in [2.45, 2.75) is 6.92 Å². The normalized spacial score (nSPS) is 10.6. The van der Waals surface area contributed by atoms with Crippen LogP contribution < -0.4 is 0 Å². The fourth-order valence-electron chi connectivity index (χ4n) is 1.47. The molecule has 0 radical (unpaired) electrons. The molecule has 1 N–H and O–H groups in total. The average Bonchev–Trinajstić information content (AvgIpc) is 2.40. The summed E-state index contributed by atoms with van der Waals surface area (Å²) in [4.78, 5) is 13.9. The third-order valence-corrected chi connectivity index (χ3v) is 2.61. The number of hydrogen-bond donors (Lipinski definition) is 1. The molecule has 0 spiro atoms. The number of fused-ring (bicyclic) bond motifs is 1. The van der Waals surface area contributed by atoms with E-state index in [4.69, 9.17) is 0 Å². The average molecular weight is 238 g/mol. The van der Waals surface area contributed by atoms with E-state index in [0.717, 1.165) is 32.9 Å². The molecule has 0 saturated heterocycles. The molecule has 2 aromatic rings. The number of benzene rings is 1. The van der Waals surface area contributed by atoms with Crippen LogP contribution in [0.2, 0.25) is 0 Å². The van der Waals surface area contributed by atoms with Crippen molar-refractivity contribution in [3.8, 4) is 0 Å². The first-order valence-electron chi connectivity index (χ1n) is 3.95. The Labute approximate surface area is 84.1 Å². The number of rotatable bonds is 1. The van der Waals surface area contributed by atoms with E-state index in [9.17, 15) is 4.79 Å². The van der Waals surface area contributed by atoms with Gasteiger partial charge in [-0.05, 0) is 25.1 Å². The van der Waals surface area contributed by atoms with Gasteiger partial charge in [-0.2, -0.15) is 0 Å². The molecular weight excluding hydrogens is 230 g/mol. The van der Waals surface area contributed by atoms with Gasteiger partial charge in [0.05, 0.1) is 0 Å².